The van der Waals surface area contributed by atoms with Crippen LogP contribution in [0, 0.1) is 13.8 Å². The normalized spacial score (nSPS) is 11.8. The van der Waals surface area contributed by atoms with Crippen LogP contribution in [-0.2, 0) is 4.79 Å². The molecule has 0 aromatic heterocycles. The minimum absolute atomic E-state index is 0.249. The van der Waals surface area contributed by atoms with Crippen LogP contribution in [0.1, 0.15) is 17.5 Å². The molecule has 3 amide bonds. The van der Waals surface area contributed by atoms with E-state index in [2.05, 4.69) is 10.6 Å². The number of hydrogen-bond acceptors (Lipinski definition) is 3. The third kappa shape index (κ3) is 5.13. The standard InChI is InChI=1S/C14H21N3O2S/c1-9-4-5-11(8-10(9)2)16-13(18)12(6-7-20-3)17-14(15)19/h4-5,8,12H,6-7H2,1-3H3,(H,16,18)(H3,15,17,19)/t12-/m0/s1. The van der Waals surface area contributed by atoms with Gasteiger partial charge in [-0.3, -0.25) is 4.79 Å². The number of anilines is 1. The fraction of sp³-hybridized carbons (Fsp3) is 0.429. The van der Waals surface area contributed by atoms with Crippen molar-refractivity contribution in [3.05, 3.63) is 29.3 Å². The Morgan fingerprint density at radius 2 is 2.00 bits per heavy atom. The van der Waals surface area contributed by atoms with Gasteiger partial charge in [0.1, 0.15) is 6.04 Å². The molecule has 1 aromatic carbocycles. The first kappa shape index (κ1) is 16.4. The van der Waals surface area contributed by atoms with Crippen LogP contribution >= 0.6 is 11.8 Å². The van der Waals surface area contributed by atoms with E-state index < -0.39 is 12.1 Å². The summed E-state index contributed by atoms with van der Waals surface area (Å²) in [5.41, 5.74) is 8.09. The highest BCUT2D eigenvalue weighted by molar-refractivity contribution is 7.98. The highest BCUT2D eigenvalue weighted by Crippen LogP contribution is 2.15. The van der Waals surface area contributed by atoms with E-state index in [9.17, 15) is 9.59 Å². The summed E-state index contributed by atoms with van der Waals surface area (Å²) < 4.78 is 0. The summed E-state index contributed by atoms with van der Waals surface area (Å²) >= 11 is 1.61. The van der Waals surface area contributed by atoms with Crippen molar-refractivity contribution in [3.63, 3.8) is 0 Å². The van der Waals surface area contributed by atoms with Crippen LogP contribution in [0.25, 0.3) is 0 Å². The molecule has 1 aromatic rings. The molecule has 6 heteroatoms. The van der Waals surface area contributed by atoms with Crippen molar-refractivity contribution < 1.29 is 9.59 Å². The molecule has 1 atom stereocenters. The third-order valence-electron chi connectivity index (χ3n) is 3.02. The molecule has 0 aliphatic carbocycles. The zero-order valence-electron chi connectivity index (χ0n) is 12.0. The molecule has 0 radical (unpaired) electrons. The predicted molar refractivity (Wildman–Crippen MR) is 84.1 cm³/mol. The van der Waals surface area contributed by atoms with E-state index in [1.807, 2.05) is 38.3 Å². The first-order valence-electron chi connectivity index (χ1n) is 6.37. The van der Waals surface area contributed by atoms with Crippen molar-refractivity contribution in [2.45, 2.75) is 26.3 Å². The van der Waals surface area contributed by atoms with Gasteiger partial charge in [0, 0.05) is 5.69 Å². The van der Waals surface area contributed by atoms with Gasteiger partial charge < -0.3 is 16.4 Å². The number of carbonyl (C=O) groups is 2. The van der Waals surface area contributed by atoms with Crippen LogP contribution in [0.5, 0.6) is 0 Å². The number of primary amides is 1. The van der Waals surface area contributed by atoms with Crippen LogP contribution < -0.4 is 16.4 Å². The van der Waals surface area contributed by atoms with Crippen LogP contribution in [-0.4, -0.2) is 30.0 Å². The molecule has 110 valence electrons. The second-order valence-electron chi connectivity index (χ2n) is 4.63. The van der Waals surface area contributed by atoms with Gasteiger partial charge in [-0.2, -0.15) is 11.8 Å². The minimum Gasteiger partial charge on any atom is -0.352 e. The summed E-state index contributed by atoms with van der Waals surface area (Å²) in [5, 5.41) is 5.28. The van der Waals surface area contributed by atoms with Crippen molar-refractivity contribution in [2.75, 3.05) is 17.3 Å². The van der Waals surface area contributed by atoms with E-state index in [-0.39, 0.29) is 5.91 Å². The molecule has 0 saturated carbocycles. The summed E-state index contributed by atoms with van der Waals surface area (Å²) in [6.45, 7) is 3.99. The van der Waals surface area contributed by atoms with Gasteiger partial charge in [0.2, 0.25) is 5.91 Å². The predicted octanol–water partition coefficient (Wildman–Crippen LogP) is 2.03. The summed E-state index contributed by atoms with van der Waals surface area (Å²) in [5.74, 6) is 0.520. The second kappa shape index (κ2) is 7.79. The fourth-order valence-electron chi connectivity index (χ4n) is 1.72. The number of carbonyl (C=O) groups excluding carboxylic acids is 2. The molecule has 0 bridgehead atoms. The van der Waals surface area contributed by atoms with Gasteiger partial charge in [0.25, 0.3) is 0 Å². The van der Waals surface area contributed by atoms with E-state index in [4.69, 9.17) is 5.73 Å². The Morgan fingerprint density at radius 3 is 2.55 bits per heavy atom. The smallest absolute Gasteiger partial charge is 0.312 e. The lowest BCUT2D eigenvalue weighted by Crippen LogP contribution is -2.46. The van der Waals surface area contributed by atoms with Gasteiger partial charge in [-0.1, -0.05) is 6.07 Å². The van der Waals surface area contributed by atoms with Crippen LogP contribution in [0.4, 0.5) is 10.5 Å². The Balaban J connectivity index is 2.73. The first-order valence-corrected chi connectivity index (χ1v) is 7.76. The van der Waals surface area contributed by atoms with E-state index in [1.54, 1.807) is 11.8 Å². The number of nitrogens with one attached hydrogen (secondary N) is 2. The average Bonchev–Trinajstić information content (AvgIpc) is 2.38. The third-order valence-corrected chi connectivity index (χ3v) is 3.66. The molecule has 0 saturated heterocycles. The van der Waals surface area contributed by atoms with Crippen molar-refractivity contribution in [3.8, 4) is 0 Å². The number of amides is 3. The Hall–Kier alpha value is -1.69. The van der Waals surface area contributed by atoms with Crippen molar-refractivity contribution in [1.29, 1.82) is 0 Å². The fourth-order valence-corrected chi connectivity index (χ4v) is 2.20. The maximum Gasteiger partial charge on any atom is 0.312 e. The van der Waals surface area contributed by atoms with E-state index in [0.717, 1.165) is 22.6 Å². The van der Waals surface area contributed by atoms with Crippen molar-refractivity contribution in [1.82, 2.24) is 5.32 Å². The molecular weight excluding hydrogens is 274 g/mol. The van der Waals surface area contributed by atoms with Gasteiger partial charge in [-0.05, 0) is 55.5 Å². The lowest BCUT2D eigenvalue weighted by Gasteiger charge is -2.17. The van der Waals surface area contributed by atoms with E-state index >= 15 is 0 Å². The lowest BCUT2D eigenvalue weighted by molar-refractivity contribution is -0.117. The largest absolute Gasteiger partial charge is 0.352 e. The van der Waals surface area contributed by atoms with Crippen molar-refractivity contribution >= 4 is 29.4 Å². The van der Waals surface area contributed by atoms with Crippen LogP contribution in [0.3, 0.4) is 0 Å². The molecule has 5 nitrogen and oxygen atoms in total. The highest BCUT2D eigenvalue weighted by atomic mass is 32.2. The summed E-state index contributed by atoms with van der Waals surface area (Å²) in [7, 11) is 0. The summed E-state index contributed by atoms with van der Waals surface area (Å²) in [6, 6.07) is 4.40. The van der Waals surface area contributed by atoms with Gasteiger partial charge in [-0.15, -0.1) is 0 Å². The molecule has 0 aliphatic heterocycles. The van der Waals surface area contributed by atoms with Crippen LogP contribution in [0.15, 0.2) is 18.2 Å². The molecule has 4 N–H and O–H groups in total. The second-order valence-corrected chi connectivity index (χ2v) is 5.62. The quantitative estimate of drug-likeness (QED) is 0.751. The number of nitrogens with two attached hydrogens (primary N) is 1. The number of benzene rings is 1. The van der Waals surface area contributed by atoms with Crippen LogP contribution in [0.2, 0.25) is 0 Å². The number of thioether (sulfide) groups is 1. The number of hydrogen-bond donors (Lipinski definition) is 3. The van der Waals surface area contributed by atoms with Crippen molar-refractivity contribution in [2.24, 2.45) is 5.73 Å². The highest BCUT2D eigenvalue weighted by Gasteiger charge is 2.19. The molecular formula is C14H21N3O2S. The lowest BCUT2D eigenvalue weighted by atomic mass is 10.1. The number of urea groups is 1. The Morgan fingerprint density at radius 1 is 1.30 bits per heavy atom. The zero-order chi connectivity index (χ0) is 15.1. The maximum atomic E-state index is 12.2. The SMILES string of the molecule is CSCC[C@H](NC(N)=O)C(=O)Nc1ccc(C)c(C)c1. The first-order chi connectivity index (χ1) is 9.43. The molecule has 20 heavy (non-hydrogen) atoms. The average molecular weight is 295 g/mol. The van der Waals surface area contributed by atoms with Gasteiger partial charge in [-0.25, -0.2) is 4.79 Å². The molecule has 0 aliphatic rings. The minimum atomic E-state index is -0.689. The monoisotopic (exact) mass is 295 g/mol. The van der Waals surface area contributed by atoms with Gasteiger partial charge >= 0.3 is 6.03 Å². The molecule has 0 fully saturated rings. The molecule has 0 heterocycles. The zero-order valence-corrected chi connectivity index (χ0v) is 12.8. The Kier molecular flexibility index (Phi) is 6.38. The summed E-state index contributed by atoms with van der Waals surface area (Å²) in [6.07, 6.45) is 2.49. The van der Waals surface area contributed by atoms with Gasteiger partial charge in [0.15, 0.2) is 0 Å². The maximum absolute atomic E-state index is 12.2. The summed E-state index contributed by atoms with van der Waals surface area (Å²) in [4.78, 5) is 23.1. The number of aryl methyl sites for hydroxylation is 2. The molecule has 0 spiro atoms. The van der Waals surface area contributed by atoms with Gasteiger partial charge in [0.05, 0.1) is 0 Å². The van der Waals surface area contributed by atoms with E-state index in [1.165, 1.54) is 0 Å². The van der Waals surface area contributed by atoms with E-state index in [0.29, 0.717) is 6.42 Å². The molecule has 0 unspecified atom stereocenters. The topological polar surface area (TPSA) is 84.2 Å². The molecule has 1 rings (SSSR count). The Labute approximate surface area is 123 Å². The number of rotatable bonds is 6. The Bertz CT molecular complexity index is 491.